The SMILES string of the molecule is CC(=O)Nc1ccc(-c2cc(NC(=O)C3(c4ccc5c(c4)OCO5)CC3)ccc2C)cc1OC(F)(F)F. The van der Waals surface area contributed by atoms with E-state index in [0.717, 1.165) is 11.1 Å². The summed E-state index contributed by atoms with van der Waals surface area (Å²) in [6.45, 7) is 3.14. The van der Waals surface area contributed by atoms with Crippen molar-refractivity contribution in [1.82, 2.24) is 0 Å². The maximum atomic E-state index is 13.3. The molecule has 0 atom stereocenters. The van der Waals surface area contributed by atoms with E-state index in [9.17, 15) is 22.8 Å². The molecule has 10 heteroatoms. The Balaban J connectivity index is 1.42. The van der Waals surface area contributed by atoms with Crippen LogP contribution in [0.2, 0.25) is 0 Å². The van der Waals surface area contributed by atoms with Crippen LogP contribution in [0.25, 0.3) is 11.1 Å². The van der Waals surface area contributed by atoms with Gasteiger partial charge in [0.05, 0.1) is 11.1 Å². The molecule has 0 unspecified atom stereocenters. The zero-order chi connectivity index (χ0) is 26.4. The van der Waals surface area contributed by atoms with Crippen LogP contribution in [0.4, 0.5) is 24.5 Å². The molecule has 37 heavy (non-hydrogen) atoms. The van der Waals surface area contributed by atoms with Gasteiger partial charge >= 0.3 is 6.36 Å². The Morgan fingerprint density at radius 1 is 0.946 bits per heavy atom. The molecule has 3 aromatic rings. The molecule has 1 heterocycles. The first kappa shape index (κ1) is 24.5. The minimum absolute atomic E-state index is 0.102. The highest BCUT2D eigenvalue weighted by molar-refractivity contribution is 6.02. The summed E-state index contributed by atoms with van der Waals surface area (Å²) in [5, 5.41) is 5.30. The third kappa shape index (κ3) is 5.04. The number of hydrogen-bond acceptors (Lipinski definition) is 5. The molecule has 2 aliphatic rings. The number of hydrogen-bond donors (Lipinski definition) is 2. The fourth-order valence-corrected chi connectivity index (χ4v) is 4.42. The van der Waals surface area contributed by atoms with Gasteiger partial charge in [-0.05, 0) is 78.4 Å². The lowest BCUT2D eigenvalue weighted by Gasteiger charge is -2.18. The molecule has 2 amide bonds. The van der Waals surface area contributed by atoms with Gasteiger partial charge in [0.25, 0.3) is 0 Å². The molecule has 0 radical (unpaired) electrons. The molecule has 5 rings (SSSR count). The summed E-state index contributed by atoms with van der Waals surface area (Å²) in [7, 11) is 0. The average Bonchev–Trinajstić information content (AvgIpc) is 3.51. The minimum Gasteiger partial charge on any atom is -0.454 e. The molecule has 1 saturated carbocycles. The monoisotopic (exact) mass is 512 g/mol. The Morgan fingerprint density at radius 3 is 2.41 bits per heavy atom. The Bertz CT molecular complexity index is 1400. The highest BCUT2D eigenvalue weighted by Gasteiger charge is 2.51. The van der Waals surface area contributed by atoms with E-state index in [1.54, 1.807) is 30.3 Å². The van der Waals surface area contributed by atoms with E-state index >= 15 is 0 Å². The van der Waals surface area contributed by atoms with Gasteiger partial charge in [-0.1, -0.05) is 18.2 Å². The molecule has 0 spiro atoms. The molecule has 3 aromatic carbocycles. The van der Waals surface area contributed by atoms with Crippen LogP contribution < -0.4 is 24.8 Å². The summed E-state index contributed by atoms with van der Waals surface area (Å²) in [6, 6.07) is 14.8. The van der Waals surface area contributed by atoms with Crippen LogP contribution in [-0.4, -0.2) is 25.0 Å². The zero-order valence-electron chi connectivity index (χ0n) is 20.0. The molecule has 1 fully saturated rings. The van der Waals surface area contributed by atoms with E-state index in [1.807, 2.05) is 19.1 Å². The van der Waals surface area contributed by atoms with Crippen molar-refractivity contribution in [2.75, 3.05) is 17.4 Å². The molecule has 192 valence electrons. The summed E-state index contributed by atoms with van der Waals surface area (Å²) in [5.74, 6) is 0.00416. The number of halogens is 3. The lowest BCUT2D eigenvalue weighted by Crippen LogP contribution is -2.27. The van der Waals surface area contributed by atoms with Gasteiger partial charge in [-0.3, -0.25) is 9.59 Å². The van der Waals surface area contributed by atoms with Crippen LogP contribution >= 0.6 is 0 Å². The number of anilines is 2. The van der Waals surface area contributed by atoms with E-state index in [2.05, 4.69) is 15.4 Å². The summed E-state index contributed by atoms with van der Waals surface area (Å²) in [4.78, 5) is 24.7. The number of benzene rings is 3. The molecule has 2 N–H and O–H groups in total. The van der Waals surface area contributed by atoms with Gasteiger partial charge in [0, 0.05) is 12.6 Å². The normalized spacial score (nSPS) is 15.2. The maximum Gasteiger partial charge on any atom is 0.573 e. The van der Waals surface area contributed by atoms with Crippen molar-refractivity contribution in [2.45, 2.75) is 38.5 Å². The number of rotatable bonds is 6. The summed E-state index contributed by atoms with van der Waals surface area (Å²) in [6.07, 6.45) is -3.58. The second kappa shape index (κ2) is 9.02. The maximum absolute atomic E-state index is 13.3. The predicted octanol–water partition coefficient (Wildman–Crippen LogP) is 5.92. The van der Waals surface area contributed by atoms with E-state index in [0.29, 0.717) is 41.2 Å². The van der Waals surface area contributed by atoms with Gasteiger partial charge in [0.1, 0.15) is 0 Å². The van der Waals surface area contributed by atoms with Crippen molar-refractivity contribution < 1.29 is 37.0 Å². The Morgan fingerprint density at radius 2 is 1.70 bits per heavy atom. The Hall–Kier alpha value is -4.21. The first-order valence-electron chi connectivity index (χ1n) is 11.5. The molecule has 7 nitrogen and oxygen atoms in total. The first-order chi connectivity index (χ1) is 17.5. The van der Waals surface area contributed by atoms with E-state index in [-0.39, 0.29) is 18.4 Å². The van der Waals surface area contributed by atoms with E-state index in [4.69, 9.17) is 9.47 Å². The highest BCUT2D eigenvalue weighted by Crippen LogP contribution is 2.51. The van der Waals surface area contributed by atoms with Crippen molar-refractivity contribution in [3.05, 3.63) is 65.7 Å². The van der Waals surface area contributed by atoms with Gasteiger partial charge in [0.15, 0.2) is 17.2 Å². The fraction of sp³-hybridized carbons (Fsp3) is 0.259. The quantitative estimate of drug-likeness (QED) is 0.428. The van der Waals surface area contributed by atoms with Crippen molar-refractivity contribution >= 4 is 23.2 Å². The Labute approximate surface area is 210 Å². The van der Waals surface area contributed by atoms with E-state index < -0.39 is 23.4 Å². The number of carbonyl (C=O) groups excluding carboxylic acids is 2. The van der Waals surface area contributed by atoms with E-state index in [1.165, 1.54) is 19.1 Å². The van der Waals surface area contributed by atoms with Crippen molar-refractivity contribution in [1.29, 1.82) is 0 Å². The van der Waals surface area contributed by atoms with Crippen LogP contribution in [-0.2, 0) is 15.0 Å². The largest absolute Gasteiger partial charge is 0.573 e. The lowest BCUT2D eigenvalue weighted by atomic mass is 9.94. The number of carbonyl (C=O) groups is 2. The number of nitrogens with one attached hydrogen (secondary N) is 2. The van der Waals surface area contributed by atoms with Crippen LogP contribution in [0.15, 0.2) is 54.6 Å². The van der Waals surface area contributed by atoms with Crippen LogP contribution in [0, 0.1) is 6.92 Å². The average molecular weight is 512 g/mol. The lowest BCUT2D eigenvalue weighted by molar-refractivity contribution is -0.274. The molecular formula is C27H23F3N2O5. The third-order valence-electron chi connectivity index (χ3n) is 6.43. The standard InChI is InChI=1S/C27H23F3N2O5/c1-15-3-6-19(32-25(34)26(9-10-26)18-5-8-22-24(12-18)36-14-35-22)13-20(15)17-4-7-21(31-16(2)33)23(11-17)37-27(28,29)30/h3-8,11-13H,9-10,14H2,1-2H3,(H,31,33)(H,32,34). The van der Waals surface area contributed by atoms with Gasteiger partial charge < -0.3 is 24.8 Å². The summed E-state index contributed by atoms with van der Waals surface area (Å²) < 4.78 is 54.0. The molecule has 0 bridgehead atoms. The molecule has 1 aliphatic heterocycles. The second-order valence-corrected chi connectivity index (χ2v) is 9.07. The van der Waals surface area contributed by atoms with Crippen molar-refractivity contribution in [3.8, 4) is 28.4 Å². The fourth-order valence-electron chi connectivity index (χ4n) is 4.42. The number of aryl methyl sites for hydroxylation is 1. The van der Waals surface area contributed by atoms with Crippen LogP contribution in [0.5, 0.6) is 17.2 Å². The smallest absolute Gasteiger partial charge is 0.454 e. The van der Waals surface area contributed by atoms with Crippen LogP contribution in [0.3, 0.4) is 0 Å². The first-order valence-corrected chi connectivity index (χ1v) is 11.5. The zero-order valence-corrected chi connectivity index (χ0v) is 20.0. The second-order valence-electron chi connectivity index (χ2n) is 9.07. The highest BCUT2D eigenvalue weighted by atomic mass is 19.4. The predicted molar refractivity (Wildman–Crippen MR) is 130 cm³/mol. The summed E-state index contributed by atoms with van der Waals surface area (Å²) in [5.41, 5.74) is 2.37. The van der Waals surface area contributed by atoms with Crippen molar-refractivity contribution in [2.24, 2.45) is 0 Å². The third-order valence-corrected chi connectivity index (χ3v) is 6.43. The number of fused-ring (bicyclic) bond motifs is 1. The number of amides is 2. The van der Waals surface area contributed by atoms with Crippen LogP contribution in [0.1, 0.15) is 30.9 Å². The van der Waals surface area contributed by atoms with Gasteiger partial charge in [-0.15, -0.1) is 13.2 Å². The topological polar surface area (TPSA) is 85.9 Å². The molecule has 0 aromatic heterocycles. The summed E-state index contributed by atoms with van der Waals surface area (Å²) >= 11 is 0. The van der Waals surface area contributed by atoms with Gasteiger partial charge in [-0.25, -0.2) is 0 Å². The molecular weight excluding hydrogens is 489 g/mol. The Kier molecular flexibility index (Phi) is 5.97. The van der Waals surface area contributed by atoms with Gasteiger partial charge in [0.2, 0.25) is 18.6 Å². The van der Waals surface area contributed by atoms with Crippen molar-refractivity contribution in [3.63, 3.8) is 0 Å². The number of ether oxygens (including phenoxy) is 3. The number of alkyl halides is 3. The molecule has 0 saturated heterocycles. The minimum atomic E-state index is -4.94. The van der Waals surface area contributed by atoms with Gasteiger partial charge in [-0.2, -0.15) is 0 Å². The molecule has 1 aliphatic carbocycles.